The van der Waals surface area contributed by atoms with Gasteiger partial charge < -0.3 is 15.1 Å². The van der Waals surface area contributed by atoms with Crippen molar-refractivity contribution in [2.75, 3.05) is 4.90 Å². The Morgan fingerprint density at radius 1 is 0.933 bits per heavy atom. The summed E-state index contributed by atoms with van der Waals surface area (Å²) in [7, 11) is 0. The van der Waals surface area contributed by atoms with Crippen molar-refractivity contribution in [2.45, 2.75) is 25.0 Å². The van der Waals surface area contributed by atoms with Crippen LogP contribution in [0.4, 0.5) is 14.5 Å². The molecule has 3 aromatic carbocycles. The molecule has 1 heterocycles. The first kappa shape index (κ1) is 20.0. The van der Waals surface area contributed by atoms with E-state index in [2.05, 4.69) is 0 Å². The highest BCUT2D eigenvalue weighted by atomic mass is 19.1. The maximum absolute atomic E-state index is 13.7. The van der Waals surface area contributed by atoms with E-state index in [0.29, 0.717) is 24.1 Å². The van der Waals surface area contributed by atoms with Crippen molar-refractivity contribution in [2.24, 2.45) is 5.92 Å². The zero-order chi connectivity index (χ0) is 21.3. The summed E-state index contributed by atoms with van der Waals surface area (Å²) in [6, 6.07) is 17.7. The highest BCUT2D eigenvalue weighted by molar-refractivity contribution is 6.03. The van der Waals surface area contributed by atoms with Gasteiger partial charge in [-0.05, 0) is 66.4 Å². The molecule has 0 saturated carbocycles. The van der Waals surface area contributed by atoms with Crippen LogP contribution in [-0.4, -0.2) is 16.1 Å². The summed E-state index contributed by atoms with van der Waals surface area (Å²) in [5.74, 6) is -1.24. The van der Waals surface area contributed by atoms with Gasteiger partial charge in [-0.2, -0.15) is 0 Å². The van der Waals surface area contributed by atoms with E-state index in [0.717, 1.165) is 5.56 Å². The van der Waals surface area contributed by atoms with Crippen LogP contribution in [0, 0.1) is 17.6 Å². The number of aliphatic hydroxyl groups excluding tert-OH is 1. The van der Waals surface area contributed by atoms with Crippen LogP contribution < -0.4 is 4.90 Å². The highest BCUT2D eigenvalue weighted by Crippen LogP contribution is 2.46. The first-order valence-corrected chi connectivity index (χ1v) is 9.75. The monoisotopic (exact) mass is 409 g/mol. The number of hydrogen-bond donors (Lipinski definition) is 2. The van der Waals surface area contributed by atoms with Gasteiger partial charge in [-0.15, -0.1) is 0 Å². The zero-order valence-corrected chi connectivity index (χ0v) is 16.1. The molecule has 1 aliphatic rings. The van der Waals surface area contributed by atoms with Gasteiger partial charge in [0.2, 0.25) is 5.91 Å². The Kier molecular flexibility index (Phi) is 5.50. The molecule has 0 radical (unpaired) electrons. The third-order valence-electron chi connectivity index (χ3n) is 5.54. The number of hydrogen-bond acceptors (Lipinski definition) is 3. The number of anilines is 1. The first-order chi connectivity index (χ1) is 14.4. The van der Waals surface area contributed by atoms with Crippen molar-refractivity contribution in [3.05, 3.63) is 95.6 Å². The van der Waals surface area contributed by atoms with Gasteiger partial charge in [0.25, 0.3) is 0 Å². The average Bonchev–Trinajstić information content (AvgIpc) is 2.73. The van der Waals surface area contributed by atoms with Gasteiger partial charge >= 0.3 is 0 Å². The molecule has 2 N–H and O–H groups in total. The third kappa shape index (κ3) is 3.91. The van der Waals surface area contributed by atoms with Crippen LogP contribution >= 0.6 is 0 Å². The number of carbonyl (C=O) groups excluding carboxylic acids is 1. The summed E-state index contributed by atoms with van der Waals surface area (Å²) in [6.07, 6.45) is -0.0791. The van der Waals surface area contributed by atoms with Crippen LogP contribution in [0.5, 0.6) is 5.75 Å². The molecule has 3 aromatic rings. The molecule has 0 aromatic heterocycles. The lowest BCUT2D eigenvalue weighted by atomic mass is 9.78. The summed E-state index contributed by atoms with van der Waals surface area (Å²) in [6.45, 7) is 0. The molecule has 4 rings (SSSR count). The predicted molar refractivity (Wildman–Crippen MR) is 109 cm³/mol. The smallest absolute Gasteiger partial charge is 0.233 e. The van der Waals surface area contributed by atoms with Gasteiger partial charge in [0.1, 0.15) is 17.4 Å². The zero-order valence-electron chi connectivity index (χ0n) is 16.1. The lowest BCUT2D eigenvalue weighted by Gasteiger charge is -2.48. The standard InChI is InChI=1S/C24H21F2NO3/c25-17-8-4-15(5-9-17)22(29)13-12-21-23(16-6-10-20(28)11-7-16)27(24(21)30)19-3-1-2-18(26)14-19/h1-11,14,21-23,28-29H,12-13H2. The number of phenols is 1. The minimum Gasteiger partial charge on any atom is -0.508 e. The molecular weight excluding hydrogens is 388 g/mol. The molecule has 3 unspecified atom stereocenters. The quantitative estimate of drug-likeness (QED) is 0.570. The van der Waals surface area contributed by atoms with Crippen LogP contribution in [-0.2, 0) is 4.79 Å². The molecule has 3 atom stereocenters. The number of halogens is 2. The number of phenolic OH excluding ortho intramolecular Hbond substituents is 1. The third-order valence-corrected chi connectivity index (χ3v) is 5.54. The number of aliphatic hydroxyl groups is 1. The Morgan fingerprint density at radius 2 is 1.63 bits per heavy atom. The molecule has 1 aliphatic heterocycles. The largest absolute Gasteiger partial charge is 0.508 e. The van der Waals surface area contributed by atoms with E-state index in [1.807, 2.05) is 0 Å². The molecule has 1 fully saturated rings. The van der Waals surface area contributed by atoms with Crippen molar-refractivity contribution in [3.63, 3.8) is 0 Å². The normalized spacial score (nSPS) is 19.4. The van der Waals surface area contributed by atoms with Gasteiger partial charge in [0, 0.05) is 5.69 Å². The maximum Gasteiger partial charge on any atom is 0.233 e. The van der Waals surface area contributed by atoms with E-state index in [1.54, 1.807) is 41.3 Å². The predicted octanol–water partition coefficient (Wildman–Crippen LogP) is 4.89. The number of carbonyl (C=O) groups is 1. The molecule has 0 aliphatic carbocycles. The Bertz CT molecular complexity index is 1040. The van der Waals surface area contributed by atoms with E-state index >= 15 is 0 Å². The van der Waals surface area contributed by atoms with Crippen LogP contribution in [0.1, 0.15) is 36.1 Å². The van der Waals surface area contributed by atoms with E-state index in [-0.39, 0.29) is 23.5 Å². The van der Waals surface area contributed by atoms with Gasteiger partial charge in [-0.3, -0.25) is 4.79 Å². The minimum absolute atomic E-state index is 0.116. The Morgan fingerprint density at radius 3 is 2.30 bits per heavy atom. The summed E-state index contributed by atoms with van der Waals surface area (Å²) in [5.41, 5.74) is 1.87. The topological polar surface area (TPSA) is 60.8 Å². The number of benzene rings is 3. The Hall–Kier alpha value is -3.25. The summed E-state index contributed by atoms with van der Waals surface area (Å²) >= 11 is 0. The lowest BCUT2D eigenvalue weighted by molar-refractivity contribution is -0.131. The van der Waals surface area contributed by atoms with E-state index in [4.69, 9.17) is 0 Å². The highest BCUT2D eigenvalue weighted by Gasteiger charge is 2.48. The number of β-lactam (4-membered cyclic amide) rings is 1. The van der Waals surface area contributed by atoms with Crippen molar-refractivity contribution in [1.82, 2.24) is 0 Å². The van der Waals surface area contributed by atoms with Gasteiger partial charge in [-0.25, -0.2) is 8.78 Å². The Labute approximate surface area is 173 Å². The van der Waals surface area contributed by atoms with Gasteiger partial charge in [0.15, 0.2) is 0 Å². The van der Waals surface area contributed by atoms with Crippen LogP contribution in [0.15, 0.2) is 72.8 Å². The fraction of sp³-hybridized carbons (Fsp3) is 0.208. The molecular formula is C24H21F2NO3. The first-order valence-electron chi connectivity index (χ1n) is 9.75. The second-order valence-corrected chi connectivity index (χ2v) is 7.48. The van der Waals surface area contributed by atoms with Crippen LogP contribution in [0.2, 0.25) is 0 Å². The number of aromatic hydroxyl groups is 1. The molecule has 154 valence electrons. The molecule has 4 nitrogen and oxygen atoms in total. The lowest BCUT2D eigenvalue weighted by Crippen LogP contribution is -2.55. The summed E-state index contributed by atoms with van der Waals surface area (Å²) in [5, 5.41) is 20.0. The maximum atomic E-state index is 13.7. The van der Waals surface area contributed by atoms with Gasteiger partial charge in [-0.1, -0.05) is 30.3 Å². The van der Waals surface area contributed by atoms with E-state index < -0.39 is 17.8 Å². The molecule has 0 bridgehead atoms. The van der Waals surface area contributed by atoms with Crippen LogP contribution in [0.25, 0.3) is 0 Å². The SMILES string of the molecule is O=C1C(CCC(O)c2ccc(F)cc2)C(c2ccc(O)cc2)N1c1cccc(F)c1. The van der Waals surface area contributed by atoms with E-state index in [9.17, 15) is 23.8 Å². The summed E-state index contributed by atoms with van der Waals surface area (Å²) in [4.78, 5) is 14.5. The van der Waals surface area contributed by atoms with Crippen molar-refractivity contribution in [1.29, 1.82) is 0 Å². The minimum atomic E-state index is -0.818. The van der Waals surface area contributed by atoms with Gasteiger partial charge in [0.05, 0.1) is 18.1 Å². The molecule has 6 heteroatoms. The van der Waals surface area contributed by atoms with Crippen molar-refractivity contribution < 1.29 is 23.8 Å². The van der Waals surface area contributed by atoms with Crippen molar-refractivity contribution in [3.8, 4) is 5.75 Å². The van der Waals surface area contributed by atoms with Crippen molar-refractivity contribution >= 4 is 11.6 Å². The average molecular weight is 409 g/mol. The fourth-order valence-electron chi connectivity index (χ4n) is 3.99. The van der Waals surface area contributed by atoms with Crippen LogP contribution in [0.3, 0.4) is 0 Å². The Balaban J connectivity index is 1.56. The second-order valence-electron chi connectivity index (χ2n) is 7.48. The molecule has 0 spiro atoms. The molecule has 1 amide bonds. The fourth-order valence-corrected chi connectivity index (χ4v) is 3.99. The summed E-state index contributed by atoms with van der Waals surface area (Å²) < 4.78 is 26.8. The number of amides is 1. The molecule has 1 saturated heterocycles. The second kappa shape index (κ2) is 8.24. The number of nitrogens with zero attached hydrogens (tertiary/aromatic N) is 1. The molecule has 30 heavy (non-hydrogen) atoms. The van der Waals surface area contributed by atoms with E-state index in [1.165, 1.54) is 36.4 Å². The number of rotatable bonds is 6.